The van der Waals surface area contributed by atoms with E-state index < -0.39 is 76.5 Å². The van der Waals surface area contributed by atoms with Gasteiger partial charge in [0.1, 0.15) is 47.1 Å². The number of unbranched alkanes of at least 4 members (excludes halogenated alkanes) is 2. The summed E-state index contributed by atoms with van der Waals surface area (Å²) < 4.78 is 24.6. The first-order valence-corrected chi connectivity index (χ1v) is 35.8. The van der Waals surface area contributed by atoms with Crippen molar-refractivity contribution >= 4 is 70.4 Å². The Balaban J connectivity index is 0.000000291. The van der Waals surface area contributed by atoms with Crippen LogP contribution in [0, 0.1) is 36.4 Å². The van der Waals surface area contributed by atoms with Crippen molar-refractivity contribution < 1.29 is 66.3 Å². The number of ketones is 2. The molecule has 29 heteroatoms. The van der Waals surface area contributed by atoms with Crippen molar-refractivity contribution in [2.45, 2.75) is 214 Å². The monoisotopic (exact) mass is 1460 g/mol. The van der Waals surface area contributed by atoms with Crippen molar-refractivity contribution in [2.24, 2.45) is 23.7 Å². The summed E-state index contributed by atoms with van der Waals surface area (Å²) in [4.78, 5) is 144. The third kappa shape index (κ3) is 23.1. The molecule has 0 bridgehead atoms. The summed E-state index contributed by atoms with van der Waals surface area (Å²) in [5.74, 6) is -5.96. The Morgan fingerprint density at radius 2 is 0.971 bits per heavy atom. The molecular formula is C75H98ClFN14O13. The number of nitrogens with one attached hydrogen (secondary N) is 6. The van der Waals surface area contributed by atoms with Crippen LogP contribution < -0.4 is 31.9 Å². The topological polar surface area (TPSA) is 373 Å². The summed E-state index contributed by atoms with van der Waals surface area (Å²) in [6, 6.07) is 13.4. The highest BCUT2D eigenvalue weighted by atomic mass is 35.5. The molecule has 0 spiro atoms. The van der Waals surface area contributed by atoms with Gasteiger partial charge in [0.2, 0.25) is 58.8 Å². The zero-order chi connectivity index (χ0) is 76.3. The van der Waals surface area contributed by atoms with Gasteiger partial charge in [-0.1, -0.05) is 97.5 Å². The van der Waals surface area contributed by atoms with E-state index in [0.29, 0.717) is 93.4 Å². The molecular weight excluding hydrogens is 1360 g/mol. The first-order chi connectivity index (χ1) is 49.1. The van der Waals surface area contributed by atoms with Crippen LogP contribution in [0.1, 0.15) is 208 Å². The predicted molar refractivity (Wildman–Crippen MR) is 385 cm³/mol. The quantitative estimate of drug-likeness (QED) is 0.0153. The maximum Gasteiger partial charge on any atom is 0.286 e. The Labute approximate surface area is 610 Å². The van der Waals surface area contributed by atoms with E-state index in [1.807, 2.05) is 86.6 Å². The molecule has 2 aromatic carbocycles. The number of pyridine rings is 2. The number of aromatic nitrogens is 6. The standard InChI is InChI=1S/C38H50ClN7O6.C37H48FN7O7/c1-22(2)30(32(48)36-45-44-35(52-36)25-15-13-24(5)14-16-25)42-34(50)28-11-10-20-46(28)37(51)31(23(3)4)41-29(47)12-8-9-18-38(6,7)43-33(49)27-21-26(39)17-19-40-27;1-21(2)29(31(48)35-44-43-34(52-35)23-12-14-24(38)15-13-23)41-33(50)27-10-9-19-45(27)36(51)30(22(3)4)40-28(47)11-7-8-18-37(5,6)42-32(49)26-17-16-25(46)20-39-26/h13-17,19,21-23,28,30-31H,8-12,18,20H2,1-7H3,(H,41,47)(H,42,50)(H,43,49);12-17,20-22,27,29-30,46H,7-11,18-19H2,1-6H3,(H,40,47)(H,41,50)(H,42,49)/t28-,30-,31-;27-,29-,30-/m00/s1. The van der Waals surface area contributed by atoms with Gasteiger partial charge in [0.25, 0.3) is 23.6 Å². The Morgan fingerprint density at radius 1 is 0.548 bits per heavy atom. The zero-order valence-corrected chi connectivity index (χ0v) is 62.2. The van der Waals surface area contributed by atoms with Crippen molar-refractivity contribution in [2.75, 3.05) is 13.1 Å². The molecule has 27 nitrogen and oxygen atoms in total. The van der Waals surface area contributed by atoms with Gasteiger partial charge in [-0.25, -0.2) is 9.37 Å². The Kier molecular flexibility index (Phi) is 29.0. The minimum absolute atomic E-state index is 0.0311. The number of carbonyl (C=O) groups is 10. The summed E-state index contributed by atoms with van der Waals surface area (Å²) in [5, 5.41) is 42.8. The van der Waals surface area contributed by atoms with E-state index in [2.05, 4.69) is 62.3 Å². The van der Waals surface area contributed by atoms with Crippen LogP contribution in [-0.4, -0.2) is 165 Å². The van der Waals surface area contributed by atoms with Crippen molar-refractivity contribution in [3.8, 4) is 28.7 Å². The molecule has 2 fully saturated rings. The van der Waals surface area contributed by atoms with E-state index in [1.165, 1.54) is 64.7 Å². The lowest BCUT2D eigenvalue weighted by molar-refractivity contribution is -0.142. The second-order valence-corrected chi connectivity index (χ2v) is 29.6. The fourth-order valence-corrected chi connectivity index (χ4v) is 12.3. The van der Waals surface area contributed by atoms with Crippen LogP contribution in [0.5, 0.6) is 5.75 Å². The normalized spacial score (nSPS) is 15.7. The van der Waals surface area contributed by atoms with E-state index in [9.17, 15) is 57.4 Å². The van der Waals surface area contributed by atoms with Crippen LogP contribution in [0.4, 0.5) is 4.39 Å². The number of rotatable bonds is 32. The summed E-state index contributed by atoms with van der Waals surface area (Å²) in [7, 11) is 0. The van der Waals surface area contributed by atoms with Gasteiger partial charge in [0.15, 0.2) is 0 Å². The van der Waals surface area contributed by atoms with E-state index >= 15 is 0 Å². The van der Waals surface area contributed by atoms with Crippen LogP contribution in [0.15, 0.2) is 94.0 Å². The number of likely N-dealkylation sites (tertiary alicyclic amines) is 2. The lowest BCUT2D eigenvalue weighted by Gasteiger charge is -2.31. The van der Waals surface area contributed by atoms with Gasteiger partial charge in [0.05, 0.1) is 18.3 Å². The molecule has 0 radical (unpaired) electrons. The Bertz CT molecular complexity index is 3970. The van der Waals surface area contributed by atoms with Crippen LogP contribution in [0.25, 0.3) is 22.9 Å². The van der Waals surface area contributed by atoms with E-state index in [1.54, 1.807) is 33.8 Å². The molecule has 6 atom stereocenters. The molecule has 560 valence electrons. The maximum absolute atomic E-state index is 13.9. The fraction of sp³-hybridized carbons (Fsp3) is 0.520. The van der Waals surface area contributed by atoms with Gasteiger partial charge in [-0.2, -0.15) is 0 Å². The van der Waals surface area contributed by atoms with E-state index in [4.69, 9.17) is 20.4 Å². The van der Waals surface area contributed by atoms with E-state index in [0.717, 1.165) is 5.56 Å². The third-order valence-electron chi connectivity index (χ3n) is 18.1. The molecule has 6 aromatic rings. The van der Waals surface area contributed by atoms with Crippen LogP contribution in [0.3, 0.4) is 0 Å². The number of Topliss-reactive ketones (excluding diaryl/α,β-unsaturated/α-hetero) is 2. The molecule has 4 aromatic heterocycles. The van der Waals surface area contributed by atoms with Crippen molar-refractivity contribution in [3.05, 3.63) is 125 Å². The van der Waals surface area contributed by atoms with Gasteiger partial charge < -0.3 is 55.6 Å². The number of carbonyl (C=O) groups excluding carboxylic acids is 10. The molecule has 2 saturated heterocycles. The molecule has 8 rings (SSSR count). The van der Waals surface area contributed by atoms with Crippen molar-refractivity contribution in [1.29, 1.82) is 0 Å². The van der Waals surface area contributed by atoms with Gasteiger partial charge in [-0.05, 0) is 170 Å². The minimum atomic E-state index is -1.02. The number of aromatic hydroxyl groups is 1. The number of halogens is 2. The average molecular weight is 1460 g/mol. The number of benzene rings is 2. The summed E-state index contributed by atoms with van der Waals surface area (Å²) in [6.07, 6.45) is 8.58. The summed E-state index contributed by atoms with van der Waals surface area (Å²) in [5.41, 5.74) is 1.45. The largest absolute Gasteiger partial charge is 0.506 e. The molecule has 0 saturated carbocycles. The molecule has 104 heavy (non-hydrogen) atoms. The predicted octanol–water partition coefficient (Wildman–Crippen LogP) is 9.52. The molecule has 2 aliphatic rings. The third-order valence-corrected chi connectivity index (χ3v) is 18.3. The molecule has 0 aliphatic carbocycles. The number of hydrogen-bond acceptors (Lipinski definition) is 19. The van der Waals surface area contributed by atoms with Gasteiger partial charge >= 0.3 is 0 Å². The number of hydrogen-bond donors (Lipinski definition) is 7. The fourth-order valence-electron chi connectivity index (χ4n) is 12.1. The Morgan fingerprint density at radius 3 is 1.38 bits per heavy atom. The van der Waals surface area contributed by atoms with E-state index in [-0.39, 0.29) is 113 Å². The second-order valence-electron chi connectivity index (χ2n) is 29.2. The highest BCUT2D eigenvalue weighted by Crippen LogP contribution is 2.27. The van der Waals surface area contributed by atoms with Gasteiger partial charge in [-0.3, -0.25) is 52.9 Å². The smallest absolute Gasteiger partial charge is 0.286 e. The first-order valence-electron chi connectivity index (χ1n) is 35.4. The lowest BCUT2D eigenvalue weighted by atomic mass is 9.96. The summed E-state index contributed by atoms with van der Waals surface area (Å²) >= 11 is 5.98. The molecule has 2 aliphatic heterocycles. The average Bonchev–Trinajstić information content (AvgIpc) is 1.66. The number of aryl methyl sites for hydroxylation is 1. The lowest BCUT2D eigenvalue weighted by Crippen LogP contribution is -2.57. The molecule has 6 heterocycles. The summed E-state index contributed by atoms with van der Waals surface area (Å²) in [6.45, 7) is 24.6. The second kappa shape index (κ2) is 37.0. The minimum Gasteiger partial charge on any atom is -0.506 e. The number of nitrogens with zero attached hydrogens (tertiary/aromatic N) is 8. The van der Waals surface area contributed by atoms with Crippen LogP contribution in [0.2, 0.25) is 5.02 Å². The van der Waals surface area contributed by atoms with Crippen LogP contribution in [-0.2, 0) is 28.8 Å². The van der Waals surface area contributed by atoms with Crippen molar-refractivity contribution in [1.82, 2.24) is 72.1 Å². The van der Waals surface area contributed by atoms with Crippen LogP contribution >= 0.6 is 11.6 Å². The van der Waals surface area contributed by atoms with Gasteiger partial charge in [0, 0.05) is 59.4 Å². The maximum atomic E-state index is 13.9. The molecule has 8 amide bonds. The van der Waals surface area contributed by atoms with Crippen molar-refractivity contribution in [3.63, 3.8) is 0 Å². The molecule has 0 unspecified atom stereocenters. The number of amides is 8. The van der Waals surface area contributed by atoms with Gasteiger partial charge in [-0.15, -0.1) is 20.4 Å². The molecule has 7 N–H and O–H groups in total. The Hall–Kier alpha value is -9.86. The highest BCUT2D eigenvalue weighted by Gasteiger charge is 2.43. The first kappa shape index (κ1) is 81.4. The SMILES string of the molecule is CC(C)[C@H](NC(=O)[C@@H]1CCCN1C(=O)[C@@H](NC(=O)CCCCC(C)(C)NC(=O)c1ccc(O)cn1)C(C)C)C(=O)c1nnc(-c2ccc(F)cc2)o1.Cc1ccc(-c2nnc(C(=O)[C@@H](NC(=O)[C@@H]3CCCN3C(=O)[C@@H](NC(=O)CCCCC(C)(C)NC(=O)c3cc(Cl)ccn3)C(C)C)C(C)C)o2)cc1. The highest BCUT2D eigenvalue weighted by molar-refractivity contribution is 6.30. The zero-order valence-electron chi connectivity index (χ0n) is 61.4.